The van der Waals surface area contributed by atoms with Gasteiger partial charge >= 0.3 is 0 Å². The van der Waals surface area contributed by atoms with Gasteiger partial charge in [-0.2, -0.15) is 0 Å². The molecule has 0 bridgehead atoms. The Morgan fingerprint density at radius 1 is 1.00 bits per heavy atom. The number of nitrogens with zero attached hydrogens (tertiary/aromatic N) is 2. The van der Waals surface area contributed by atoms with Gasteiger partial charge < -0.3 is 10.2 Å². The van der Waals surface area contributed by atoms with Crippen molar-refractivity contribution in [3.05, 3.63) is 34.9 Å². The van der Waals surface area contributed by atoms with Gasteiger partial charge in [0.25, 0.3) is 5.91 Å². The third-order valence-corrected chi connectivity index (χ3v) is 7.79. The van der Waals surface area contributed by atoms with Gasteiger partial charge in [0.05, 0.1) is 0 Å². The number of piperidine rings is 2. The summed E-state index contributed by atoms with van der Waals surface area (Å²) in [5, 5.41) is 5.98. The summed E-state index contributed by atoms with van der Waals surface area (Å²) in [6.07, 6.45) is 8.56. The summed E-state index contributed by atoms with van der Waals surface area (Å²) in [6, 6.07) is 6.38. The fourth-order valence-electron chi connectivity index (χ4n) is 5.83. The number of benzene rings is 1. The number of hydrogen-bond donors (Lipinski definition) is 2. The van der Waals surface area contributed by atoms with Crippen molar-refractivity contribution >= 4 is 17.7 Å². The lowest BCUT2D eigenvalue weighted by Gasteiger charge is -2.32. The van der Waals surface area contributed by atoms with Gasteiger partial charge in [-0.3, -0.25) is 24.6 Å². The second kappa shape index (κ2) is 9.32. The number of nitrogens with one attached hydrogen (secondary N) is 2. The molecule has 4 heterocycles. The van der Waals surface area contributed by atoms with Crippen molar-refractivity contribution in [2.75, 3.05) is 19.6 Å². The summed E-state index contributed by atoms with van der Waals surface area (Å²) in [6.45, 7) is 4.75. The van der Waals surface area contributed by atoms with Crippen LogP contribution < -0.4 is 10.6 Å². The topological polar surface area (TPSA) is 81.8 Å². The number of likely N-dealkylation sites (tertiary alicyclic amines) is 1. The average Bonchev–Trinajstić information content (AvgIpc) is 3.42. The molecule has 0 spiro atoms. The maximum absolute atomic E-state index is 13.0. The van der Waals surface area contributed by atoms with Gasteiger partial charge in [-0.05, 0) is 87.7 Å². The molecule has 0 radical (unpaired) electrons. The van der Waals surface area contributed by atoms with E-state index >= 15 is 0 Å². The second-order valence-electron chi connectivity index (χ2n) is 9.98. The van der Waals surface area contributed by atoms with Crippen LogP contribution in [0, 0.1) is 5.92 Å². The monoisotopic (exact) mass is 438 g/mol. The van der Waals surface area contributed by atoms with Crippen molar-refractivity contribution in [1.82, 2.24) is 20.4 Å². The van der Waals surface area contributed by atoms with E-state index in [4.69, 9.17) is 0 Å². The molecule has 5 rings (SSSR count). The van der Waals surface area contributed by atoms with Crippen LogP contribution in [0.25, 0.3) is 0 Å². The highest BCUT2D eigenvalue weighted by Crippen LogP contribution is 2.30. The van der Waals surface area contributed by atoms with E-state index < -0.39 is 6.04 Å². The van der Waals surface area contributed by atoms with Crippen molar-refractivity contribution in [3.63, 3.8) is 0 Å². The number of fused-ring (bicyclic) bond motifs is 1. The molecule has 2 atom stereocenters. The van der Waals surface area contributed by atoms with Crippen molar-refractivity contribution in [2.45, 2.75) is 76.5 Å². The Kier molecular flexibility index (Phi) is 6.28. The molecule has 4 aliphatic heterocycles. The van der Waals surface area contributed by atoms with Crippen LogP contribution in [0.2, 0.25) is 0 Å². The van der Waals surface area contributed by atoms with Crippen LogP contribution in [0.5, 0.6) is 0 Å². The van der Waals surface area contributed by atoms with Gasteiger partial charge in [0.2, 0.25) is 11.8 Å². The zero-order chi connectivity index (χ0) is 22.1. The number of carbonyl (C=O) groups is 3. The van der Waals surface area contributed by atoms with Gasteiger partial charge in [0, 0.05) is 31.1 Å². The highest BCUT2D eigenvalue weighted by atomic mass is 16.2. The summed E-state index contributed by atoms with van der Waals surface area (Å²) in [4.78, 5) is 40.8. The first-order valence-corrected chi connectivity index (χ1v) is 12.3. The smallest absolute Gasteiger partial charge is 0.255 e. The van der Waals surface area contributed by atoms with E-state index in [0.717, 1.165) is 42.7 Å². The fraction of sp³-hybridized carbons (Fsp3) is 0.640. The molecular weight excluding hydrogens is 404 g/mol. The van der Waals surface area contributed by atoms with Crippen molar-refractivity contribution in [1.29, 1.82) is 0 Å². The van der Waals surface area contributed by atoms with E-state index in [1.165, 1.54) is 45.1 Å². The minimum atomic E-state index is -0.547. The van der Waals surface area contributed by atoms with Crippen LogP contribution in [0.1, 0.15) is 72.9 Å². The lowest BCUT2D eigenvalue weighted by Crippen LogP contribution is -2.52. The summed E-state index contributed by atoms with van der Waals surface area (Å²) >= 11 is 0. The molecule has 1 aromatic rings. The Balaban J connectivity index is 1.14. The maximum atomic E-state index is 13.0. The highest BCUT2D eigenvalue weighted by molar-refractivity contribution is 6.05. The molecule has 2 N–H and O–H groups in total. The molecule has 3 fully saturated rings. The van der Waals surface area contributed by atoms with E-state index in [2.05, 4.69) is 21.6 Å². The molecule has 7 heteroatoms. The third-order valence-electron chi connectivity index (χ3n) is 7.79. The van der Waals surface area contributed by atoms with E-state index in [9.17, 15) is 14.4 Å². The minimum Gasteiger partial charge on any atom is -0.322 e. The number of carbonyl (C=O) groups excluding carboxylic acids is 3. The Morgan fingerprint density at radius 2 is 1.84 bits per heavy atom. The van der Waals surface area contributed by atoms with Crippen molar-refractivity contribution in [2.24, 2.45) is 5.92 Å². The lowest BCUT2D eigenvalue weighted by molar-refractivity contribution is -0.136. The van der Waals surface area contributed by atoms with Gasteiger partial charge in [-0.25, -0.2) is 0 Å². The lowest BCUT2D eigenvalue weighted by atomic mass is 9.90. The van der Waals surface area contributed by atoms with Crippen molar-refractivity contribution in [3.8, 4) is 0 Å². The molecule has 32 heavy (non-hydrogen) atoms. The first-order chi connectivity index (χ1) is 15.6. The molecule has 0 saturated carbocycles. The fourth-order valence-corrected chi connectivity index (χ4v) is 5.83. The van der Waals surface area contributed by atoms with Crippen LogP contribution in [0.3, 0.4) is 0 Å². The van der Waals surface area contributed by atoms with Crippen LogP contribution >= 0.6 is 0 Å². The average molecular weight is 439 g/mol. The van der Waals surface area contributed by atoms with E-state index in [1.54, 1.807) is 4.90 Å². The first-order valence-electron chi connectivity index (χ1n) is 12.3. The van der Waals surface area contributed by atoms with E-state index in [0.29, 0.717) is 18.5 Å². The standard InChI is InChI=1S/C25H34N4O3/c30-23-8-7-22(24(31)27-23)29-16-19-5-3-18(14-21(19)25(29)32)15-28-12-9-17(10-13-28)4-6-20-2-1-11-26-20/h3,5,14,17,20,22,26H,1-2,4,6-13,15-16H2,(H,27,30,31)/t20-,22?/m1/s1. The Hall–Kier alpha value is -2.25. The van der Waals surface area contributed by atoms with E-state index in [1.807, 2.05) is 12.1 Å². The highest BCUT2D eigenvalue weighted by Gasteiger charge is 2.39. The van der Waals surface area contributed by atoms with Crippen molar-refractivity contribution < 1.29 is 14.4 Å². The predicted molar refractivity (Wildman–Crippen MR) is 121 cm³/mol. The molecule has 7 nitrogen and oxygen atoms in total. The van der Waals surface area contributed by atoms with Crippen LogP contribution in [-0.2, 0) is 22.7 Å². The quantitative estimate of drug-likeness (QED) is 0.666. The SMILES string of the molecule is O=C1CCC(N2Cc3ccc(CN4CCC(CC[C@H]5CCCN5)CC4)cc3C2=O)C(=O)N1. The Labute approximate surface area is 189 Å². The predicted octanol–water partition coefficient (Wildman–Crippen LogP) is 2.19. The molecule has 3 saturated heterocycles. The molecule has 1 aromatic carbocycles. The van der Waals surface area contributed by atoms with Gasteiger partial charge in [-0.1, -0.05) is 12.1 Å². The summed E-state index contributed by atoms with van der Waals surface area (Å²) in [5.41, 5.74) is 2.85. The molecule has 1 unspecified atom stereocenters. The summed E-state index contributed by atoms with van der Waals surface area (Å²) in [5.74, 6) is 0.152. The normalized spacial score (nSPS) is 27.1. The van der Waals surface area contributed by atoms with E-state index in [-0.39, 0.29) is 24.1 Å². The van der Waals surface area contributed by atoms with Crippen LogP contribution in [-0.4, -0.2) is 59.2 Å². The largest absolute Gasteiger partial charge is 0.322 e. The van der Waals surface area contributed by atoms with Gasteiger partial charge in [0.1, 0.15) is 6.04 Å². The zero-order valence-electron chi connectivity index (χ0n) is 18.8. The van der Waals surface area contributed by atoms with Gasteiger partial charge in [-0.15, -0.1) is 0 Å². The molecular formula is C25H34N4O3. The summed E-state index contributed by atoms with van der Waals surface area (Å²) in [7, 11) is 0. The van der Waals surface area contributed by atoms with Crippen LogP contribution in [0.4, 0.5) is 0 Å². The maximum Gasteiger partial charge on any atom is 0.255 e. The summed E-state index contributed by atoms with van der Waals surface area (Å²) < 4.78 is 0. The number of amides is 3. The molecule has 4 aliphatic rings. The number of rotatable bonds is 6. The minimum absolute atomic E-state index is 0.0874. The van der Waals surface area contributed by atoms with Crippen LogP contribution in [0.15, 0.2) is 18.2 Å². The molecule has 0 aliphatic carbocycles. The Bertz CT molecular complexity index is 887. The van der Waals surface area contributed by atoms with Gasteiger partial charge in [0.15, 0.2) is 0 Å². The second-order valence-corrected chi connectivity index (χ2v) is 9.98. The first kappa shape index (κ1) is 21.6. The molecule has 0 aromatic heterocycles. The molecule has 3 amide bonds. The molecule has 172 valence electrons. The zero-order valence-corrected chi connectivity index (χ0v) is 18.8. The third kappa shape index (κ3) is 4.59. The number of imide groups is 1. The Morgan fingerprint density at radius 3 is 2.59 bits per heavy atom. The number of hydrogen-bond acceptors (Lipinski definition) is 5.